The molecular weight excluding hydrogens is 264 g/mol. The molecule has 4 heteroatoms. The Morgan fingerprint density at radius 2 is 2.19 bits per heavy atom. The number of hydrogen-bond acceptors (Lipinski definition) is 4. The standard InChI is InChI=1S/C17H30N2O2/c1-13(2)11-19(7-8-20-4)12-17-9-15(14(3)21-17)10-18-16-5-6-16/h9,13,16,18H,5-8,10-12H2,1-4H3. The lowest BCUT2D eigenvalue weighted by Crippen LogP contribution is -2.30. The van der Waals surface area contributed by atoms with Crippen LogP contribution in [-0.4, -0.2) is 37.7 Å². The highest BCUT2D eigenvalue weighted by atomic mass is 16.5. The smallest absolute Gasteiger partial charge is 0.118 e. The largest absolute Gasteiger partial charge is 0.465 e. The summed E-state index contributed by atoms with van der Waals surface area (Å²) >= 11 is 0. The second-order valence-corrected chi connectivity index (χ2v) is 6.57. The minimum absolute atomic E-state index is 0.647. The molecule has 0 bridgehead atoms. The van der Waals surface area contributed by atoms with Crippen LogP contribution in [0.25, 0.3) is 0 Å². The van der Waals surface area contributed by atoms with Crippen LogP contribution in [0.4, 0.5) is 0 Å². The summed E-state index contributed by atoms with van der Waals surface area (Å²) in [6.45, 7) is 11.1. The molecule has 0 radical (unpaired) electrons. The average Bonchev–Trinajstić information content (AvgIpc) is 3.18. The number of rotatable bonds is 10. The first-order chi connectivity index (χ1) is 10.1. The second kappa shape index (κ2) is 7.97. The minimum atomic E-state index is 0.647. The Balaban J connectivity index is 1.89. The lowest BCUT2D eigenvalue weighted by atomic mass is 10.2. The molecule has 4 nitrogen and oxygen atoms in total. The maximum atomic E-state index is 5.94. The van der Waals surface area contributed by atoms with Crippen molar-refractivity contribution >= 4 is 0 Å². The molecule has 1 saturated carbocycles. The maximum Gasteiger partial charge on any atom is 0.118 e. The summed E-state index contributed by atoms with van der Waals surface area (Å²) < 4.78 is 11.1. The fourth-order valence-corrected chi connectivity index (χ4v) is 2.57. The molecule has 1 heterocycles. The maximum absolute atomic E-state index is 5.94. The molecule has 0 unspecified atom stereocenters. The van der Waals surface area contributed by atoms with Gasteiger partial charge in [0.15, 0.2) is 0 Å². The van der Waals surface area contributed by atoms with E-state index in [1.54, 1.807) is 7.11 Å². The van der Waals surface area contributed by atoms with E-state index in [1.807, 2.05) is 0 Å². The van der Waals surface area contributed by atoms with E-state index in [2.05, 4.69) is 37.1 Å². The van der Waals surface area contributed by atoms with Crippen LogP contribution in [-0.2, 0) is 17.8 Å². The number of hydrogen-bond donors (Lipinski definition) is 1. The number of methoxy groups -OCH3 is 1. The summed E-state index contributed by atoms with van der Waals surface area (Å²) in [4.78, 5) is 2.41. The molecule has 0 aliphatic heterocycles. The summed E-state index contributed by atoms with van der Waals surface area (Å²) in [6.07, 6.45) is 2.64. The zero-order valence-electron chi connectivity index (χ0n) is 13.9. The first-order valence-corrected chi connectivity index (χ1v) is 8.11. The first kappa shape index (κ1) is 16.5. The second-order valence-electron chi connectivity index (χ2n) is 6.57. The van der Waals surface area contributed by atoms with Crippen molar-refractivity contribution in [1.82, 2.24) is 10.2 Å². The number of ether oxygens (including phenoxy) is 1. The molecule has 2 rings (SSSR count). The molecule has 0 amide bonds. The molecule has 0 atom stereocenters. The fourth-order valence-electron chi connectivity index (χ4n) is 2.57. The fraction of sp³-hybridized carbons (Fsp3) is 0.765. The molecule has 0 spiro atoms. The minimum Gasteiger partial charge on any atom is -0.465 e. The van der Waals surface area contributed by atoms with Gasteiger partial charge in [-0.25, -0.2) is 0 Å². The van der Waals surface area contributed by atoms with Crippen LogP contribution in [0.5, 0.6) is 0 Å². The van der Waals surface area contributed by atoms with Gasteiger partial charge in [0.2, 0.25) is 0 Å². The number of nitrogens with one attached hydrogen (secondary N) is 1. The van der Waals surface area contributed by atoms with Crippen LogP contribution in [0, 0.1) is 12.8 Å². The molecule has 1 N–H and O–H groups in total. The zero-order chi connectivity index (χ0) is 15.2. The van der Waals surface area contributed by atoms with E-state index >= 15 is 0 Å². The molecule has 1 aromatic heterocycles. The summed E-state index contributed by atoms with van der Waals surface area (Å²) in [6, 6.07) is 2.95. The van der Waals surface area contributed by atoms with Crippen molar-refractivity contribution < 1.29 is 9.15 Å². The zero-order valence-corrected chi connectivity index (χ0v) is 13.9. The Morgan fingerprint density at radius 1 is 1.43 bits per heavy atom. The summed E-state index contributed by atoms with van der Waals surface area (Å²) in [7, 11) is 1.76. The van der Waals surface area contributed by atoms with Gasteiger partial charge < -0.3 is 14.5 Å². The first-order valence-electron chi connectivity index (χ1n) is 8.11. The Hall–Kier alpha value is -0.840. The van der Waals surface area contributed by atoms with E-state index in [0.717, 1.165) is 50.3 Å². The van der Waals surface area contributed by atoms with Crippen LogP contribution < -0.4 is 5.32 Å². The van der Waals surface area contributed by atoms with Gasteiger partial charge >= 0.3 is 0 Å². The molecule has 21 heavy (non-hydrogen) atoms. The Kier molecular flexibility index (Phi) is 6.27. The summed E-state index contributed by atoms with van der Waals surface area (Å²) in [5.41, 5.74) is 1.30. The van der Waals surface area contributed by atoms with Gasteiger partial charge in [-0.15, -0.1) is 0 Å². The van der Waals surface area contributed by atoms with Crippen molar-refractivity contribution in [3.63, 3.8) is 0 Å². The molecule has 120 valence electrons. The highest BCUT2D eigenvalue weighted by molar-refractivity contribution is 5.21. The van der Waals surface area contributed by atoms with Gasteiger partial charge in [0.05, 0.1) is 13.2 Å². The molecule has 0 aromatic carbocycles. The number of aryl methyl sites for hydroxylation is 1. The summed E-state index contributed by atoms with van der Waals surface area (Å²) in [5, 5.41) is 3.55. The molecule has 1 fully saturated rings. The van der Waals surface area contributed by atoms with Crippen molar-refractivity contribution in [2.75, 3.05) is 26.8 Å². The lowest BCUT2D eigenvalue weighted by Gasteiger charge is -2.22. The van der Waals surface area contributed by atoms with Gasteiger partial charge in [0.25, 0.3) is 0 Å². The molecule has 1 aliphatic rings. The Bertz CT molecular complexity index is 424. The molecular formula is C17H30N2O2. The normalized spacial score (nSPS) is 15.3. The Morgan fingerprint density at radius 3 is 2.81 bits per heavy atom. The van der Waals surface area contributed by atoms with Crippen LogP contribution in [0.1, 0.15) is 43.8 Å². The van der Waals surface area contributed by atoms with Gasteiger partial charge in [-0.3, -0.25) is 4.90 Å². The van der Waals surface area contributed by atoms with E-state index in [1.165, 1.54) is 18.4 Å². The molecule has 0 saturated heterocycles. The van der Waals surface area contributed by atoms with Crippen molar-refractivity contribution in [3.8, 4) is 0 Å². The third-order valence-electron chi connectivity index (χ3n) is 3.84. The average molecular weight is 294 g/mol. The highest BCUT2D eigenvalue weighted by Gasteiger charge is 2.21. The predicted molar refractivity (Wildman–Crippen MR) is 85.3 cm³/mol. The van der Waals surface area contributed by atoms with Gasteiger partial charge in [-0.1, -0.05) is 13.8 Å². The quantitative estimate of drug-likeness (QED) is 0.720. The van der Waals surface area contributed by atoms with E-state index in [0.29, 0.717) is 5.92 Å². The van der Waals surface area contributed by atoms with Gasteiger partial charge in [-0.05, 0) is 31.7 Å². The van der Waals surface area contributed by atoms with Gasteiger partial charge in [0, 0.05) is 38.3 Å². The van der Waals surface area contributed by atoms with E-state index in [9.17, 15) is 0 Å². The predicted octanol–water partition coefficient (Wildman–Crippen LogP) is 2.94. The number of nitrogens with zero attached hydrogens (tertiary/aromatic N) is 1. The number of furan rings is 1. The highest BCUT2D eigenvalue weighted by Crippen LogP contribution is 2.21. The van der Waals surface area contributed by atoms with Crippen LogP contribution >= 0.6 is 0 Å². The van der Waals surface area contributed by atoms with Crippen LogP contribution in [0.2, 0.25) is 0 Å². The Labute approximate surface area is 128 Å². The van der Waals surface area contributed by atoms with E-state index in [-0.39, 0.29) is 0 Å². The lowest BCUT2D eigenvalue weighted by molar-refractivity contribution is 0.130. The van der Waals surface area contributed by atoms with Gasteiger partial charge in [-0.2, -0.15) is 0 Å². The topological polar surface area (TPSA) is 37.6 Å². The van der Waals surface area contributed by atoms with Crippen molar-refractivity contribution in [1.29, 1.82) is 0 Å². The summed E-state index contributed by atoms with van der Waals surface area (Å²) in [5.74, 6) is 2.76. The van der Waals surface area contributed by atoms with Crippen molar-refractivity contribution in [3.05, 3.63) is 23.2 Å². The van der Waals surface area contributed by atoms with Crippen LogP contribution in [0.15, 0.2) is 10.5 Å². The molecule has 1 aromatic rings. The monoisotopic (exact) mass is 294 g/mol. The van der Waals surface area contributed by atoms with Crippen LogP contribution in [0.3, 0.4) is 0 Å². The third-order valence-corrected chi connectivity index (χ3v) is 3.84. The van der Waals surface area contributed by atoms with E-state index in [4.69, 9.17) is 9.15 Å². The SMILES string of the molecule is COCCN(Cc1cc(CNC2CC2)c(C)o1)CC(C)C. The molecule has 1 aliphatic carbocycles. The third kappa shape index (κ3) is 5.81. The van der Waals surface area contributed by atoms with E-state index < -0.39 is 0 Å². The van der Waals surface area contributed by atoms with Crippen molar-refractivity contribution in [2.45, 2.75) is 52.7 Å². The van der Waals surface area contributed by atoms with Gasteiger partial charge in [0.1, 0.15) is 11.5 Å². The van der Waals surface area contributed by atoms with Crippen molar-refractivity contribution in [2.24, 2.45) is 5.92 Å².